The van der Waals surface area contributed by atoms with Gasteiger partial charge in [-0.15, -0.1) is 5.10 Å². The fourth-order valence-electron chi connectivity index (χ4n) is 2.35. The van der Waals surface area contributed by atoms with Crippen LogP contribution in [0.5, 0.6) is 0 Å². The highest BCUT2D eigenvalue weighted by molar-refractivity contribution is 5.36. The third-order valence-corrected chi connectivity index (χ3v) is 3.97. The van der Waals surface area contributed by atoms with E-state index < -0.39 is 0 Å². The van der Waals surface area contributed by atoms with Crippen molar-refractivity contribution < 1.29 is 0 Å². The summed E-state index contributed by atoms with van der Waals surface area (Å²) in [7, 11) is 0. The summed E-state index contributed by atoms with van der Waals surface area (Å²) in [5.74, 6) is 0.894. The van der Waals surface area contributed by atoms with Gasteiger partial charge in [-0.25, -0.2) is 4.68 Å². The summed E-state index contributed by atoms with van der Waals surface area (Å²) >= 11 is 0. The van der Waals surface area contributed by atoms with Crippen LogP contribution in [0.15, 0.2) is 30.5 Å². The van der Waals surface area contributed by atoms with E-state index in [9.17, 15) is 0 Å². The second-order valence-corrected chi connectivity index (χ2v) is 7.03. The molecule has 0 bridgehead atoms. The molecule has 4 heteroatoms. The number of benzene rings is 1. The summed E-state index contributed by atoms with van der Waals surface area (Å²) < 4.78 is 1.85. The highest BCUT2D eigenvalue weighted by atomic mass is 15.4. The molecule has 3 rings (SSSR count). The Bertz CT molecular complexity index is 588. The van der Waals surface area contributed by atoms with Gasteiger partial charge in [-0.2, -0.15) is 0 Å². The van der Waals surface area contributed by atoms with Crippen LogP contribution in [0.25, 0.3) is 5.69 Å². The second-order valence-electron chi connectivity index (χ2n) is 7.03. The molecule has 0 amide bonds. The van der Waals surface area contributed by atoms with Gasteiger partial charge in [0.25, 0.3) is 0 Å². The van der Waals surface area contributed by atoms with Crippen molar-refractivity contribution in [1.82, 2.24) is 20.3 Å². The van der Waals surface area contributed by atoms with Crippen LogP contribution in [0.2, 0.25) is 0 Å². The molecule has 1 aliphatic carbocycles. The van der Waals surface area contributed by atoms with Crippen molar-refractivity contribution in [1.29, 1.82) is 0 Å². The SMILES string of the molecule is CC(C)(C)c1ccc(-n2cc(CNCC3CC3)nn2)cc1. The van der Waals surface area contributed by atoms with E-state index in [0.717, 1.165) is 30.4 Å². The summed E-state index contributed by atoms with van der Waals surface area (Å²) in [6.45, 7) is 8.58. The third-order valence-electron chi connectivity index (χ3n) is 3.97. The fourth-order valence-corrected chi connectivity index (χ4v) is 2.35. The molecular weight excluding hydrogens is 260 g/mol. The molecule has 0 atom stereocenters. The van der Waals surface area contributed by atoms with Crippen LogP contribution in [0, 0.1) is 5.92 Å². The Labute approximate surface area is 126 Å². The lowest BCUT2D eigenvalue weighted by Crippen LogP contribution is -2.16. The van der Waals surface area contributed by atoms with Crippen LogP contribution >= 0.6 is 0 Å². The van der Waals surface area contributed by atoms with Crippen LogP contribution in [0.1, 0.15) is 44.9 Å². The third kappa shape index (κ3) is 3.70. The maximum absolute atomic E-state index is 4.23. The van der Waals surface area contributed by atoms with E-state index in [1.54, 1.807) is 0 Å². The van der Waals surface area contributed by atoms with Gasteiger partial charge in [-0.1, -0.05) is 38.1 Å². The highest BCUT2D eigenvalue weighted by Crippen LogP contribution is 2.27. The summed E-state index contributed by atoms with van der Waals surface area (Å²) in [6, 6.07) is 8.55. The lowest BCUT2D eigenvalue weighted by Gasteiger charge is -2.19. The number of hydrogen-bond acceptors (Lipinski definition) is 3. The summed E-state index contributed by atoms with van der Waals surface area (Å²) in [5, 5.41) is 11.9. The molecule has 1 fully saturated rings. The summed E-state index contributed by atoms with van der Waals surface area (Å²) in [6.07, 6.45) is 4.76. The Balaban J connectivity index is 1.64. The van der Waals surface area contributed by atoms with Crippen molar-refractivity contribution >= 4 is 0 Å². The van der Waals surface area contributed by atoms with Gasteiger partial charge in [0.05, 0.1) is 17.6 Å². The van der Waals surface area contributed by atoms with Gasteiger partial charge in [0.2, 0.25) is 0 Å². The molecule has 1 N–H and O–H groups in total. The molecule has 0 saturated heterocycles. The van der Waals surface area contributed by atoms with Crippen LogP contribution in [0.4, 0.5) is 0 Å². The Morgan fingerprint density at radius 3 is 2.52 bits per heavy atom. The average Bonchev–Trinajstić information content (AvgIpc) is 3.14. The molecule has 1 aromatic heterocycles. The van der Waals surface area contributed by atoms with Crippen LogP contribution in [-0.4, -0.2) is 21.5 Å². The molecule has 1 aliphatic rings. The summed E-state index contributed by atoms with van der Waals surface area (Å²) in [4.78, 5) is 0. The molecule has 4 nitrogen and oxygen atoms in total. The first-order valence-corrected chi connectivity index (χ1v) is 7.75. The molecular formula is C17H24N4. The van der Waals surface area contributed by atoms with E-state index in [4.69, 9.17) is 0 Å². The average molecular weight is 284 g/mol. The lowest BCUT2D eigenvalue weighted by atomic mass is 9.87. The van der Waals surface area contributed by atoms with Crippen LogP contribution in [0.3, 0.4) is 0 Å². The first kappa shape index (κ1) is 14.3. The van der Waals surface area contributed by atoms with Crippen molar-refractivity contribution in [2.24, 2.45) is 5.92 Å². The van der Waals surface area contributed by atoms with E-state index >= 15 is 0 Å². The predicted octanol–water partition coefficient (Wildman–Crippen LogP) is 3.06. The Morgan fingerprint density at radius 2 is 1.90 bits per heavy atom. The maximum Gasteiger partial charge on any atom is 0.0969 e. The van der Waals surface area contributed by atoms with Gasteiger partial charge in [0, 0.05) is 6.54 Å². The molecule has 1 heterocycles. The van der Waals surface area contributed by atoms with Gasteiger partial charge in [-0.3, -0.25) is 0 Å². The zero-order valence-electron chi connectivity index (χ0n) is 13.1. The lowest BCUT2D eigenvalue weighted by molar-refractivity contribution is 0.590. The molecule has 0 spiro atoms. The van der Waals surface area contributed by atoms with Crippen molar-refractivity contribution in [3.8, 4) is 5.69 Å². The van der Waals surface area contributed by atoms with Gasteiger partial charge in [0.1, 0.15) is 0 Å². The molecule has 2 aromatic rings. The number of nitrogens with zero attached hydrogens (tertiary/aromatic N) is 3. The molecule has 0 unspecified atom stereocenters. The van der Waals surface area contributed by atoms with Crippen LogP contribution in [-0.2, 0) is 12.0 Å². The minimum absolute atomic E-state index is 0.179. The fraction of sp³-hybridized carbons (Fsp3) is 0.529. The molecule has 21 heavy (non-hydrogen) atoms. The van der Waals surface area contributed by atoms with Gasteiger partial charge in [-0.05, 0) is 48.4 Å². The van der Waals surface area contributed by atoms with E-state index in [1.807, 2.05) is 10.9 Å². The quantitative estimate of drug-likeness (QED) is 0.917. The Morgan fingerprint density at radius 1 is 1.19 bits per heavy atom. The van der Waals surface area contributed by atoms with Gasteiger partial charge >= 0.3 is 0 Å². The van der Waals surface area contributed by atoms with Crippen molar-refractivity contribution in [2.75, 3.05) is 6.54 Å². The van der Waals surface area contributed by atoms with Crippen molar-refractivity contribution in [3.63, 3.8) is 0 Å². The number of rotatable bonds is 5. The smallest absolute Gasteiger partial charge is 0.0969 e. The number of hydrogen-bond donors (Lipinski definition) is 1. The molecule has 112 valence electrons. The molecule has 1 aromatic carbocycles. The minimum atomic E-state index is 0.179. The standard InChI is InChI=1S/C17H24N4/c1-17(2,3)14-6-8-16(9-7-14)21-12-15(19-20-21)11-18-10-13-4-5-13/h6-9,12-13,18H,4-5,10-11H2,1-3H3. The normalized spacial score (nSPS) is 15.4. The van der Waals surface area contributed by atoms with Gasteiger partial charge < -0.3 is 5.32 Å². The molecule has 1 saturated carbocycles. The second kappa shape index (κ2) is 5.60. The van der Waals surface area contributed by atoms with Crippen LogP contribution < -0.4 is 5.32 Å². The van der Waals surface area contributed by atoms with Gasteiger partial charge in [0.15, 0.2) is 0 Å². The minimum Gasteiger partial charge on any atom is -0.311 e. The first-order valence-electron chi connectivity index (χ1n) is 7.75. The maximum atomic E-state index is 4.23. The number of nitrogens with one attached hydrogen (secondary N) is 1. The predicted molar refractivity (Wildman–Crippen MR) is 84.5 cm³/mol. The molecule has 0 radical (unpaired) electrons. The zero-order valence-corrected chi connectivity index (χ0v) is 13.1. The largest absolute Gasteiger partial charge is 0.311 e. The summed E-state index contributed by atoms with van der Waals surface area (Å²) in [5.41, 5.74) is 3.57. The Kier molecular flexibility index (Phi) is 3.81. The highest BCUT2D eigenvalue weighted by Gasteiger charge is 2.20. The first-order chi connectivity index (χ1) is 10.0. The topological polar surface area (TPSA) is 42.7 Å². The zero-order chi connectivity index (χ0) is 14.9. The molecule has 0 aliphatic heterocycles. The van der Waals surface area contributed by atoms with E-state index in [1.165, 1.54) is 18.4 Å². The number of aromatic nitrogens is 3. The monoisotopic (exact) mass is 284 g/mol. The van der Waals surface area contributed by atoms with Crippen molar-refractivity contribution in [2.45, 2.75) is 45.6 Å². The van der Waals surface area contributed by atoms with Crippen molar-refractivity contribution in [3.05, 3.63) is 41.7 Å². The van der Waals surface area contributed by atoms with E-state index in [0.29, 0.717) is 0 Å². The Hall–Kier alpha value is -1.68. The van der Waals surface area contributed by atoms with E-state index in [-0.39, 0.29) is 5.41 Å². The van der Waals surface area contributed by atoms with E-state index in [2.05, 4.69) is 60.7 Å².